The molecule has 0 aliphatic heterocycles. The molecule has 0 bridgehead atoms. The highest BCUT2D eigenvalue weighted by Crippen LogP contribution is 2.22. The number of amides is 1. The van der Waals surface area contributed by atoms with Gasteiger partial charge in [0.25, 0.3) is 0 Å². The summed E-state index contributed by atoms with van der Waals surface area (Å²) in [6.45, 7) is 2.90. The van der Waals surface area contributed by atoms with E-state index in [-0.39, 0.29) is 12.5 Å². The highest BCUT2D eigenvalue weighted by Gasteiger charge is 2.12. The number of hydrogen-bond donors (Lipinski definition) is 3. The Morgan fingerprint density at radius 2 is 2.33 bits per heavy atom. The topological polar surface area (TPSA) is 96.2 Å². The SMILES string of the molecule is CCCNC(=O)CN(C)c1nc(NN)ncc1Br. The number of rotatable bonds is 6. The lowest BCUT2D eigenvalue weighted by atomic mass is 10.4. The van der Waals surface area contributed by atoms with Gasteiger partial charge in [0.1, 0.15) is 5.82 Å². The molecular weight excluding hydrogens is 300 g/mol. The molecule has 0 spiro atoms. The van der Waals surface area contributed by atoms with Crippen LogP contribution in [0.15, 0.2) is 10.7 Å². The minimum atomic E-state index is -0.0490. The van der Waals surface area contributed by atoms with Crippen LogP contribution < -0.4 is 21.5 Å². The summed E-state index contributed by atoms with van der Waals surface area (Å²) in [4.78, 5) is 21.4. The van der Waals surface area contributed by atoms with Crippen molar-refractivity contribution in [3.63, 3.8) is 0 Å². The van der Waals surface area contributed by atoms with Crippen molar-refractivity contribution in [3.05, 3.63) is 10.7 Å². The van der Waals surface area contributed by atoms with Crippen LogP contribution in [0.5, 0.6) is 0 Å². The average molecular weight is 317 g/mol. The molecule has 0 aliphatic carbocycles. The number of hydrogen-bond acceptors (Lipinski definition) is 6. The highest BCUT2D eigenvalue weighted by molar-refractivity contribution is 9.10. The lowest BCUT2D eigenvalue weighted by Crippen LogP contribution is -2.36. The van der Waals surface area contributed by atoms with Gasteiger partial charge in [-0.2, -0.15) is 4.98 Å². The van der Waals surface area contributed by atoms with E-state index in [1.165, 1.54) is 0 Å². The second-order valence-electron chi connectivity index (χ2n) is 3.72. The summed E-state index contributed by atoms with van der Waals surface area (Å²) in [7, 11) is 1.78. The lowest BCUT2D eigenvalue weighted by molar-refractivity contribution is -0.119. The number of aromatic nitrogens is 2. The monoisotopic (exact) mass is 316 g/mol. The molecule has 1 aromatic rings. The van der Waals surface area contributed by atoms with Crippen LogP contribution in [0.2, 0.25) is 0 Å². The fourth-order valence-electron chi connectivity index (χ4n) is 1.31. The summed E-state index contributed by atoms with van der Waals surface area (Å²) in [6.07, 6.45) is 2.49. The third kappa shape index (κ3) is 4.11. The minimum Gasteiger partial charge on any atom is -0.355 e. The number of hydrazine groups is 1. The van der Waals surface area contributed by atoms with Crippen molar-refractivity contribution in [1.29, 1.82) is 0 Å². The quantitative estimate of drug-likeness (QED) is 0.522. The van der Waals surface area contributed by atoms with Crippen molar-refractivity contribution < 1.29 is 4.79 Å². The van der Waals surface area contributed by atoms with E-state index in [1.54, 1.807) is 18.1 Å². The Bertz CT molecular complexity index is 413. The lowest BCUT2D eigenvalue weighted by Gasteiger charge is -2.19. The van der Waals surface area contributed by atoms with Crippen molar-refractivity contribution in [1.82, 2.24) is 15.3 Å². The molecule has 0 unspecified atom stereocenters. The Balaban J connectivity index is 2.71. The van der Waals surface area contributed by atoms with Crippen molar-refractivity contribution in [2.45, 2.75) is 13.3 Å². The van der Waals surface area contributed by atoms with Gasteiger partial charge in [-0.25, -0.2) is 10.8 Å². The Morgan fingerprint density at radius 3 is 2.94 bits per heavy atom. The fourth-order valence-corrected chi connectivity index (χ4v) is 1.80. The van der Waals surface area contributed by atoms with Crippen LogP contribution in [0.4, 0.5) is 11.8 Å². The molecule has 0 radical (unpaired) electrons. The summed E-state index contributed by atoms with van der Waals surface area (Å²) >= 11 is 3.34. The third-order valence-corrected chi connectivity index (χ3v) is 2.73. The van der Waals surface area contributed by atoms with Gasteiger partial charge in [0, 0.05) is 19.8 Å². The fraction of sp³-hybridized carbons (Fsp3) is 0.500. The molecule has 4 N–H and O–H groups in total. The van der Waals surface area contributed by atoms with Gasteiger partial charge < -0.3 is 10.2 Å². The molecule has 1 amide bonds. The van der Waals surface area contributed by atoms with E-state index < -0.39 is 0 Å². The van der Waals surface area contributed by atoms with Gasteiger partial charge in [-0.1, -0.05) is 6.92 Å². The molecule has 1 heterocycles. The van der Waals surface area contributed by atoms with E-state index in [1.807, 2.05) is 6.92 Å². The number of nitrogen functional groups attached to an aromatic ring is 1. The standard InChI is InChI=1S/C10H17BrN6O/c1-3-4-13-8(18)6-17(2)9-7(11)5-14-10(15-9)16-12/h5H,3-4,6,12H2,1-2H3,(H,13,18)(H,14,15,16). The summed E-state index contributed by atoms with van der Waals surface area (Å²) in [5.41, 5.74) is 2.37. The van der Waals surface area contributed by atoms with Crippen molar-refractivity contribution >= 4 is 33.6 Å². The predicted octanol–water partition coefficient (Wildman–Crippen LogP) is 0.487. The molecule has 18 heavy (non-hydrogen) atoms. The molecular formula is C10H17BrN6O. The molecule has 100 valence electrons. The number of nitrogens with one attached hydrogen (secondary N) is 2. The summed E-state index contributed by atoms with van der Waals surface area (Å²) in [5, 5.41) is 2.80. The molecule has 7 nitrogen and oxygen atoms in total. The van der Waals surface area contributed by atoms with Crippen LogP contribution in [0, 0.1) is 0 Å². The molecule has 0 saturated heterocycles. The molecule has 8 heteroatoms. The Morgan fingerprint density at radius 1 is 1.61 bits per heavy atom. The number of carbonyl (C=O) groups excluding carboxylic acids is 1. The molecule has 0 aromatic carbocycles. The van der Waals surface area contributed by atoms with Crippen LogP contribution in [0.3, 0.4) is 0 Å². The van der Waals surface area contributed by atoms with Crippen LogP contribution in [0.1, 0.15) is 13.3 Å². The van der Waals surface area contributed by atoms with Gasteiger partial charge in [-0.05, 0) is 22.4 Å². The predicted molar refractivity (Wildman–Crippen MR) is 74.1 cm³/mol. The van der Waals surface area contributed by atoms with Gasteiger partial charge in [0.15, 0.2) is 0 Å². The summed E-state index contributed by atoms with van der Waals surface area (Å²) in [6, 6.07) is 0. The van der Waals surface area contributed by atoms with E-state index in [2.05, 4.69) is 36.6 Å². The van der Waals surface area contributed by atoms with E-state index in [9.17, 15) is 4.79 Å². The zero-order valence-electron chi connectivity index (χ0n) is 10.4. The maximum Gasteiger partial charge on any atom is 0.239 e. The molecule has 1 rings (SSSR count). The van der Waals surface area contributed by atoms with Gasteiger partial charge in [0.2, 0.25) is 11.9 Å². The maximum absolute atomic E-state index is 11.6. The Hall–Kier alpha value is -1.41. The maximum atomic E-state index is 11.6. The van der Waals surface area contributed by atoms with E-state index in [0.29, 0.717) is 22.8 Å². The smallest absolute Gasteiger partial charge is 0.239 e. The number of anilines is 2. The molecule has 0 fully saturated rings. The second-order valence-corrected chi connectivity index (χ2v) is 4.57. The first-order chi connectivity index (χ1) is 8.58. The highest BCUT2D eigenvalue weighted by atomic mass is 79.9. The second kappa shape index (κ2) is 7.12. The Labute approximate surface area is 114 Å². The van der Waals surface area contributed by atoms with E-state index in [0.717, 1.165) is 6.42 Å². The van der Waals surface area contributed by atoms with Gasteiger partial charge in [-0.15, -0.1) is 0 Å². The first kappa shape index (κ1) is 14.7. The van der Waals surface area contributed by atoms with Crippen molar-refractivity contribution in [2.24, 2.45) is 5.84 Å². The first-order valence-electron chi connectivity index (χ1n) is 5.55. The van der Waals surface area contributed by atoms with Crippen molar-refractivity contribution in [3.8, 4) is 0 Å². The number of nitrogens with zero attached hydrogens (tertiary/aromatic N) is 3. The normalized spacial score (nSPS) is 10.0. The third-order valence-electron chi connectivity index (χ3n) is 2.17. The van der Waals surface area contributed by atoms with Gasteiger partial charge in [0.05, 0.1) is 11.0 Å². The largest absolute Gasteiger partial charge is 0.355 e. The summed E-state index contributed by atoms with van der Waals surface area (Å²) < 4.78 is 0.701. The number of halogens is 1. The zero-order valence-corrected chi connectivity index (χ0v) is 12.0. The van der Waals surface area contributed by atoms with Crippen LogP contribution in [-0.4, -0.2) is 36.0 Å². The van der Waals surface area contributed by atoms with Gasteiger partial charge >= 0.3 is 0 Å². The van der Waals surface area contributed by atoms with Crippen molar-refractivity contribution in [2.75, 3.05) is 30.5 Å². The van der Waals surface area contributed by atoms with E-state index in [4.69, 9.17) is 5.84 Å². The molecule has 0 saturated carbocycles. The van der Waals surface area contributed by atoms with Gasteiger partial charge in [-0.3, -0.25) is 10.2 Å². The van der Waals surface area contributed by atoms with Crippen LogP contribution in [0.25, 0.3) is 0 Å². The Kier molecular flexibility index (Phi) is 5.79. The number of likely N-dealkylation sites (N-methyl/N-ethyl adjacent to an activating group) is 1. The number of nitrogens with two attached hydrogens (primary N) is 1. The van der Waals surface area contributed by atoms with Crippen LogP contribution in [-0.2, 0) is 4.79 Å². The molecule has 1 aromatic heterocycles. The van der Waals surface area contributed by atoms with E-state index >= 15 is 0 Å². The molecule has 0 aliphatic rings. The van der Waals surface area contributed by atoms with Crippen LogP contribution >= 0.6 is 15.9 Å². The minimum absolute atomic E-state index is 0.0490. The first-order valence-corrected chi connectivity index (χ1v) is 6.34. The summed E-state index contributed by atoms with van der Waals surface area (Å²) in [5.74, 6) is 6.10. The zero-order chi connectivity index (χ0) is 13.5. The number of carbonyl (C=O) groups is 1. The average Bonchev–Trinajstić information content (AvgIpc) is 2.36. The molecule has 0 atom stereocenters.